The van der Waals surface area contributed by atoms with Gasteiger partial charge in [0.25, 0.3) is 11.8 Å². The van der Waals surface area contributed by atoms with Crippen LogP contribution in [-0.2, 0) is 0 Å². The Labute approximate surface area is 247 Å². The summed E-state index contributed by atoms with van der Waals surface area (Å²) in [4.78, 5) is 29.2. The summed E-state index contributed by atoms with van der Waals surface area (Å²) >= 11 is 0. The molecular weight excluding hydrogens is 606 g/mol. The van der Waals surface area contributed by atoms with Crippen molar-refractivity contribution in [2.75, 3.05) is 24.7 Å². The number of nitrogens with one attached hydrogen (secondary N) is 3. The number of anilines is 2. The topological polar surface area (TPSA) is 120 Å². The van der Waals surface area contributed by atoms with Crippen LogP contribution in [0.25, 0.3) is 0 Å². The van der Waals surface area contributed by atoms with Crippen LogP contribution < -0.4 is 34.9 Å². The summed E-state index contributed by atoms with van der Waals surface area (Å²) in [7, 11) is 18.4. The van der Waals surface area contributed by atoms with Gasteiger partial charge in [-0.2, -0.15) is 4.39 Å². The Balaban J connectivity index is 2.18. The maximum Gasteiger partial charge on any atom is 0.573 e. The van der Waals surface area contributed by atoms with Crippen molar-refractivity contribution in [2.45, 2.75) is 18.0 Å². The molecule has 0 aliphatic rings. The third-order valence-electron chi connectivity index (χ3n) is 5.06. The highest BCUT2D eigenvalue weighted by Gasteiger charge is 2.36. The predicted molar refractivity (Wildman–Crippen MR) is 142 cm³/mol. The average molecular weight is 622 g/mol. The molecule has 3 rings (SSSR count). The van der Waals surface area contributed by atoms with Gasteiger partial charge < -0.3 is 34.9 Å². The lowest BCUT2D eigenvalue weighted by Gasteiger charge is -2.26. The van der Waals surface area contributed by atoms with Crippen molar-refractivity contribution in [3.63, 3.8) is 0 Å². The van der Waals surface area contributed by atoms with Crippen LogP contribution in [-0.4, -0.2) is 72.5 Å². The highest BCUT2D eigenvalue weighted by molar-refractivity contribution is 6.58. The standard InChI is InChI=1S/C24H16B3F7N4O6/c1-35-18-14(43-24(32,33)34)5-3-12(16(18)21(40)38-10-7-8-37-11(9-10)20(39)36-2)41-15-6-4-13(42-23(29,30)31)17(28)19(15)44-22(25,26)27/h3-9,35H,1-2H3,(H,36,39)(H,37,38,40). The fourth-order valence-corrected chi connectivity index (χ4v) is 3.48. The van der Waals surface area contributed by atoms with Crippen LogP contribution in [0, 0.1) is 5.82 Å². The number of hydrogen-bond donors (Lipinski definition) is 3. The third-order valence-corrected chi connectivity index (χ3v) is 5.06. The summed E-state index contributed by atoms with van der Waals surface area (Å²) in [6, 6.07) is 5.04. The van der Waals surface area contributed by atoms with Gasteiger partial charge in [-0.3, -0.25) is 14.6 Å². The number of amides is 2. The van der Waals surface area contributed by atoms with Gasteiger partial charge in [-0.15, -0.1) is 26.3 Å². The van der Waals surface area contributed by atoms with Crippen LogP contribution in [0.5, 0.6) is 28.7 Å². The lowest BCUT2D eigenvalue weighted by molar-refractivity contribution is -0.276. The second-order valence-electron chi connectivity index (χ2n) is 8.38. The average Bonchev–Trinajstić information content (AvgIpc) is 2.90. The Bertz CT molecular complexity index is 1550. The van der Waals surface area contributed by atoms with Crippen molar-refractivity contribution in [3.05, 3.63) is 59.7 Å². The van der Waals surface area contributed by atoms with E-state index < -0.39 is 75.7 Å². The Morgan fingerprint density at radius 2 is 1.36 bits per heavy atom. The van der Waals surface area contributed by atoms with Gasteiger partial charge in [0.15, 0.2) is 23.0 Å². The van der Waals surface area contributed by atoms with Crippen molar-refractivity contribution >= 4 is 46.7 Å². The van der Waals surface area contributed by atoms with E-state index in [1.54, 1.807) is 0 Å². The molecule has 0 atom stereocenters. The van der Waals surface area contributed by atoms with E-state index in [4.69, 9.17) is 33.0 Å². The predicted octanol–water partition coefficient (Wildman–Crippen LogP) is 3.96. The lowest BCUT2D eigenvalue weighted by Crippen LogP contribution is -2.38. The fraction of sp³-hybridized carbons (Fsp3) is 0.208. The number of ether oxygens (including phenoxy) is 4. The molecule has 3 aromatic rings. The number of alkyl halides is 6. The molecule has 0 saturated carbocycles. The van der Waals surface area contributed by atoms with Crippen LogP contribution in [0.4, 0.5) is 42.1 Å². The Morgan fingerprint density at radius 3 is 1.93 bits per heavy atom. The molecule has 1 aromatic heterocycles. The van der Waals surface area contributed by atoms with Crippen molar-refractivity contribution in [1.82, 2.24) is 10.3 Å². The molecule has 6 radical (unpaired) electrons. The molecule has 0 bridgehead atoms. The zero-order valence-corrected chi connectivity index (χ0v) is 22.3. The molecule has 0 aliphatic heterocycles. The van der Waals surface area contributed by atoms with Crippen LogP contribution in [0.15, 0.2) is 42.6 Å². The van der Waals surface area contributed by atoms with Crippen molar-refractivity contribution < 1.29 is 59.3 Å². The second-order valence-corrected chi connectivity index (χ2v) is 8.38. The molecule has 0 saturated heterocycles. The minimum atomic E-state index is -5.35. The highest BCUT2D eigenvalue weighted by Crippen LogP contribution is 2.44. The van der Waals surface area contributed by atoms with Crippen LogP contribution in [0.3, 0.4) is 0 Å². The molecule has 0 aliphatic carbocycles. The van der Waals surface area contributed by atoms with Crippen LogP contribution >= 0.6 is 0 Å². The number of rotatable bonds is 10. The molecule has 226 valence electrons. The summed E-state index contributed by atoms with van der Waals surface area (Å²) in [6.45, 7) is 0. The van der Waals surface area contributed by atoms with Gasteiger partial charge in [0, 0.05) is 26.0 Å². The number of pyridine rings is 1. The van der Waals surface area contributed by atoms with E-state index in [2.05, 4.69) is 30.4 Å². The first-order valence-electron chi connectivity index (χ1n) is 11.7. The second kappa shape index (κ2) is 12.8. The van der Waals surface area contributed by atoms with Crippen molar-refractivity contribution in [2.24, 2.45) is 0 Å². The summed E-state index contributed by atoms with van der Waals surface area (Å²) in [5, 5.41) is 4.32. The summed E-state index contributed by atoms with van der Waals surface area (Å²) in [5.41, 5.74) is -1.50. The molecule has 10 nitrogen and oxygen atoms in total. The summed E-state index contributed by atoms with van der Waals surface area (Å²) < 4.78 is 111. The smallest absolute Gasteiger partial charge is 0.510 e. The number of nitrogens with zero attached hydrogens (tertiary/aromatic N) is 1. The first-order chi connectivity index (χ1) is 20.3. The van der Waals surface area contributed by atoms with E-state index in [1.165, 1.54) is 13.1 Å². The van der Waals surface area contributed by atoms with Crippen molar-refractivity contribution in [1.29, 1.82) is 0 Å². The van der Waals surface area contributed by atoms with Gasteiger partial charge in [0.05, 0.1) is 5.69 Å². The Morgan fingerprint density at radius 1 is 0.795 bits per heavy atom. The summed E-state index contributed by atoms with van der Waals surface area (Å²) in [6.07, 6.45) is -9.42. The van der Waals surface area contributed by atoms with Gasteiger partial charge >= 0.3 is 12.7 Å². The number of aromatic nitrogens is 1. The van der Waals surface area contributed by atoms with E-state index in [9.17, 15) is 35.9 Å². The number of carbonyl (C=O) groups excluding carboxylic acids is 2. The Kier molecular flexibility index (Phi) is 9.85. The molecule has 44 heavy (non-hydrogen) atoms. The molecule has 0 unspecified atom stereocenters. The molecule has 2 amide bonds. The molecule has 20 heteroatoms. The number of benzene rings is 2. The highest BCUT2D eigenvalue weighted by atomic mass is 19.4. The van der Waals surface area contributed by atoms with E-state index in [1.807, 2.05) is 0 Å². The number of hydrogen-bond acceptors (Lipinski definition) is 8. The summed E-state index contributed by atoms with van der Waals surface area (Å²) in [5.74, 6) is -8.63. The van der Waals surface area contributed by atoms with E-state index in [0.29, 0.717) is 12.1 Å². The molecule has 1 heterocycles. The lowest BCUT2D eigenvalue weighted by atomic mass is 9.52. The van der Waals surface area contributed by atoms with Gasteiger partial charge in [-0.05, 0) is 41.7 Å². The van der Waals surface area contributed by atoms with Gasteiger partial charge in [-0.1, -0.05) is 0 Å². The van der Waals surface area contributed by atoms with E-state index in [0.717, 1.165) is 31.4 Å². The quantitative estimate of drug-likeness (QED) is 0.230. The van der Waals surface area contributed by atoms with Gasteiger partial charge in [0.1, 0.15) is 40.5 Å². The van der Waals surface area contributed by atoms with Crippen LogP contribution in [0.2, 0.25) is 0 Å². The zero-order valence-electron chi connectivity index (χ0n) is 22.3. The normalized spacial score (nSPS) is 11.8. The molecule has 2 aromatic carbocycles. The maximum atomic E-state index is 15.1. The number of halogens is 7. The maximum absolute atomic E-state index is 15.1. The first-order valence-corrected chi connectivity index (χ1v) is 11.7. The largest absolute Gasteiger partial charge is 0.573 e. The van der Waals surface area contributed by atoms with Gasteiger partial charge in [0.2, 0.25) is 5.82 Å². The number of carbonyl (C=O) groups is 2. The molecule has 0 fully saturated rings. The van der Waals surface area contributed by atoms with E-state index >= 15 is 4.39 Å². The SMILES string of the molecule is [B]C([B])([B])Oc1c(Oc2ccc(OC(F)(F)F)c(NC)c2C(=O)Nc2ccnc(C(=O)NC)c2)ccc(OC(F)(F)F)c1F. The molecular formula is C24H16B3F7N4O6. The fourth-order valence-electron chi connectivity index (χ4n) is 3.48. The molecule has 0 spiro atoms. The minimum absolute atomic E-state index is 0.0540. The first kappa shape index (κ1) is 33.7. The monoisotopic (exact) mass is 622 g/mol. The Hall–Kier alpha value is -4.77. The van der Waals surface area contributed by atoms with Crippen molar-refractivity contribution in [3.8, 4) is 28.7 Å². The zero-order chi connectivity index (χ0) is 33.0. The molecule has 3 N–H and O–H groups in total. The van der Waals surface area contributed by atoms with Crippen LogP contribution in [0.1, 0.15) is 20.8 Å². The third kappa shape index (κ3) is 8.87. The van der Waals surface area contributed by atoms with E-state index in [-0.39, 0.29) is 11.4 Å². The minimum Gasteiger partial charge on any atom is -0.510 e. The van der Waals surface area contributed by atoms with Gasteiger partial charge in [-0.25, -0.2) is 0 Å².